The summed E-state index contributed by atoms with van der Waals surface area (Å²) in [5, 5.41) is -0.664. The first-order valence-electron chi connectivity index (χ1n) is 10.9. The highest BCUT2D eigenvalue weighted by atomic mass is 32.2. The molecule has 36 heavy (non-hydrogen) atoms. The minimum atomic E-state index is -4.42. The Kier molecular flexibility index (Phi) is 6.78. The van der Waals surface area contributed by atoms with Gasteiger partial charge in [0.25, 0.3) is 25.2 Å². The van der Waals surface area contributed by atoms with Crippen LogP contribution < -0.4 is 14.2 Å². The largest absolute Gasteiger partial charge is 0.497 e. The maximum absolute atomic E-state index is 13.7. The molecule has 0 fully saturated rings. The maximum Gasteiger partial charge on any atom is 0.275 e. The Morgan fingerprint density at radius 3 is 2.28 bits per heavy atom. The molecule has 2 aromatic carbocycles. The average Bonchev–Trinajstić information content (AvgIpc) is 3.25. The molecular formula is C24H26N4O6S2. The Balaban J connectivity index is 1.85. The smallest absolute Gasteiger partial charge is 0.275 e. The van der Waals surface area contributed by atoms with E-state index in [1.165, 1.54) is 38.5 Å². The summed E-state index contributed by atoms with van der Waals surface area (Å²) in [6.07, 6.45) is 1.58. The molecule has 0 spiro atoms. The minimum absolute atomic E-state index is 0.0690. The van der Waals surface area contributed by atoms with E-state index in [0.717, 1.165) is 15.1 Å². The first kappa shape index (κ1) is 25.6. The van der Waals surface area contributed by atoms with E-state index in [1.54, 1.807) is 31.3 Å². The number of fused-ring (bicyclic) bond motifs is 1. The standard InChI is InChI=1S/C24H26N4O6S2/c1-15-6-9-19(10-7-15)36(31,32)28-22-11-8-18(33-4)12-20(22)27-24(28)35(29,30)26-14-21-17(3)23(34-5)16(2)13-25-21/h6-13,26H,14H2,1-5H3. The third-order valence-electron chi connectivity index (χ3n) is 5.77. The average molecular weight is 531 g/mol. The molecule has 0 aliphatic heterocycles. The van der Waals surface area contributed by atoms with Crippen molar-refractivity contribution in [3.8, 4) is 11.5 Å². The number of sulfonamides is 1. The summed E-state index contributed by atoms with van der Waals surface area (Å²) in [5.41, 5.74) is 3.03. The van der Waals surface area contributed by atoms with E-state index in [-0.39, 0.29) is 22.5 Å². The van der Waals surface area contributed by atoms with Crippen molar-refractivity contribution in [2.45, 2.75) is 37.4 Å². The van der Waals surface area contributed by atoms with E-state index in [1.807, 2.05) is 13.8 Å². The zero-order valence-corrected chi connectivity index (χ0v) is 22.1. The Bertz CT molecular complexity index is 1660. The number of rotatable bonds is 8. The molecule has 4 aromatic rings. The molecular weight excluding hydrogens is 504 g/mol. The van der Waals surface area contributed by atoms with Gasteiger partial charge in [-0.05, 0) is 45.0 Å². The zero-order valence-electron chi connectivity index (χ0n) is 20.4. The Labute approximate surface area is 210 Å². The van der Waals surface area contributed by atoms with Crippen LogP contribution in [0.15, 0.2) is 58.7 Å². The summed E-state index contributed by atoms with van der Waals surface area (Å²) in [5.74, 6) is 1.00. The van der Waals surface area contributed by atoms with Gasteiger partial charge >= 0.3 is 0 Å². The van der Waals surface area contributed by atoms with Crippen LogP contribution in [-0.4, -0.2) is 45.0 Å². The van der Waals surface area contributed by atoms with E-state index >= 15 is 0 Å². The van der Waals surface area contributed by atoms with Crippen LogP contribution in [0.2, 0.25) is 0 Å². The van der Waals surface area contributed by atoms with Crippen LogP contribution >= 0.6 is 0 Å². The van der Waals surface area contributed by atoms with Crippen molar-refractivity contribution in [1.29, 1.82) is 0 Å². The monoisotopic (exact) mass is 530 g/mol. The molecule has 12 heteroatoms. The van der Waals surface area contributed by atoms with Gasteiger partial charge in [0.05, 0.1) is 42.4 Å². The molecule has 2 heterocycles. The quantitative estimate of drug-likeness (QED) is 0.368. The van der Waals surface area contributed by atoms with E-state index in [0.29, 0.717) is 22.8 Å². The molecule has 0 saturated heterocycles. The van der Waals surface area contributed by atoms with Gasteiger partial charge in [-0.2, -0.15) is 0 Å². The number of nitrogens with zero attached hydrogens (tertiary/aromatic N) is 3. The Hall–Kier alpha value is -3.48. The molecule has 0 amide bonds. The second-order valence-electron chi connectivity index (χ2n) is 8.20. The number of benzene rings is 2. The number of hydrogen-bond donors (Lipinski definition) is 1. The fraction of sp³-hybridized carbons (Fsp3) is 0.250. The van der Waals surface area contributed by atoms with E-state index in [9.17, 15) is 16.8 Å². The normalized spacial score (nSPS) is 12.1. The van der Waals surface area contributed by atoms with E-state index in [2.05, 4.69) is 14.7 Å². The van der Waals surface area contributed by atoms with Gasteiger partial charge in [-0.25, -0.2) is 30.5 Å². The third kappa shape index (κ3) is 4.54. The minimum Gasteiger partial charge on any atom is -0.497 e. The van der Waals surface area contributed by atoms with Gasteiger partial charge < -0.3 is 9.47 Å². The number of hydrogen-bond acceptors (Lipinski definition) is 8. The lowest BCUT2D eigenvalue weighted by molar-refractivity contribution is 0.406. The molecule has 2 aromatic heterocycles. The molecule has 0 aliphatic rings. The highest BCUT2D eigenvalue weighted by Crippen LogP contribution is 2.29. The molecule has 0 saturated carbocycles. The lowest BCUT2D eigenvalue weighted by Gasteiger charge is -2.14. The maximum atomic E-state index is 13.7. The first-order chi connectivity index (χ1) is 17.0. The summed E-state index contributed by atoms with van der Waals surface area (Å²) in [7, 11) is -5.76. The van der Waals surface area contributed by atoms with Crippen molar-refractivity contribution >= 4 is 31.1 Å². The highest BCUT2D eigenvalue weighted by molar-refractivity contribution is 7.92. The fourth-order valence-electron chi connectivity index (χ4n) is 3.84. The molecule has 0 unspecified atom stereocenters. The van der Waals surface area contributed by atoms with Crippen LogP contribution in [0.1, 0.15) is 22.4 Å². The van der Waals surface area contributed by atoms with Gasteiger partial charge in [0.2, 0.25) is 0 Å². The first-order valence-corrected chi connectivity index (χ1v) is 13.8. The lowest BCUT2D eigenvalue weighted by atomic mass is 10.1. The topological polar surface area (TPSA) is 129 Å². The SMILES string of the molecule is COc1ccc2c(c1)nc(S(=O)(=O)NCc1ncc(C)c(OC)c1C)n2S(=O)(=O)c1ccc(C)cc1. The van der Waals surface area contributed by atoms with Crippen LogP contribution in [-0.2, 0) is 26.6 Å². The fourth-order valence-corrected chi connectivity index (χ4v) is 6.77. The molecule has 1 N–H and O–H groups in total. The lowest BCUT2D eigenvalue weighted by Crippen LogP contribution is -2.29. The number of nitrogens with one attached hydrogen (secondary N) is 1. The van der Waals surface area contributed by atoms with Crippen molar-refractivity contribution in [3.05, 3.63) is 71.0 Å². The third-order valence-corrected chi connectivity index (χ3v) is 8.88. The molecule has 0 bridgehead atoms. The highest BCUT2D eigenvalue weighted by Gasteiger charge is 2.32. The molecule has 0 radical (unpaired) electrons. The summed E-state index contributed by atoms with van der Waals surface area (Å²) in [6.45, 7) is 5.23. The van der Waals surface area contributed by atoms with Gasteiger partial charge in [-0.15, -0.1) is 0 Å². The second-order valence-corrected chi connectivity index (χ2v) is 11.6. The van der Waals surface area contributed by atoms with Crippen LogP contribution in [0, 0.1) is 20.8 Å². The van der Waals surface area contributed by atoms with Crippen molar-refractivity contribution in [2.75, 3.05) is 14.2 Å². The summed E-state index contributed by atoms with van der Waals surface area (Å²) < 4.78 is 68.0. The number of ether oxygens (including phenoxy) is 2. The van der Waals surface area contributed by atoms with Gasteiger partial charge in [-0.1, -0.05) is 17.7 Å². The molecule has 4 rings (SSSR count). The predicted molar refractivity (Wildman–Crippen MR) is 134 cm³/mol. The van der Waals surface area contributed by atoms with E-state index in [4.69, 9.17) is 9.47 Å². The molecule has 0 atom stereocenters. The summed E-state index contributed by atoms with van der Waals surface area (Å²) in [6, 6.07) is 10.6. The number of methoxy groups -OCH3 is 2. The van der Waals surface area contributed by atoms with Gasteiger partial charge in [0, 0.05) is 23.4 Å². The number of imidazole rings is 1. The zero-order chi connectivity index (χ0) is 26.3. The van der Waals surface area contributed by atoms with Crippen LogP contribution in [0.25, 0.3) is 11.0 Å². The van der Waals surface area contributed by atoms with Crippen molar-refractivity contribution < 1.29 is 26.3 Å². The van der Waals surface area contributed by atoms with Gasteiger partial charge in [0.1, 0.15) is 11.5 Å². The van der Waals surface area contributed by atoms with Crippen LogP contribution in [0.5, 0.6) is 11.5 Å². The van der Waals surface area contributed by atoms with Crippen molar-refractivity contribution in [3.63, 3.8) is 0 Å². The molecule has 0 aliphatic carbocycles. The predicted octanol–water partition coefficient (Wildman–Crippen LogP) is 3.09. The van der Waals surface area contributed by atoms with Gasteiger partial charge in [-0.3, -0.25) is 4.98 Å². The van der Waals surface area contributed by atoms with Crippen molar-refractivity contribution in [2.24, 2.45) is 0 Å². The van der Waals surface area contributed by atoms with Crippen molar-refractivity contribution in [1.82, 2.24) is 18.7 Å². The van der Waals surface area contributed by atoms with E-state index < -0.39 is 25.2 Å². The number of aryl methyl sites for hydroxylation is 2. The second kappa shape index (κ2) is 9.52. The summed E-state index contributed by atoms with van der Waals surface area (Å²) >= 11 is 0. The Morgan fingerprint density at radius 1 is 0.944 bits per heavy atom. The number of pyridine rings is 1. The van der Waals surface area contributed by atoms with Gasteiger partial charge in [0.15, 0.2) is 0 Å². The van der Waals surface area contributed by atoms with Crippen LogP contribution in [0.3, 0.4) is 0 Å². The molecule has 10 nitrogen and oxygen atoms in total. The molecule has 190 valence electrons. The Morgan fingerprint density at radius 2 is 1.64 bits per heavy atom. The summed E-state index contributed by atoms with van der Waals surface area (Å²) in [4.78, 5) is 8.43. The number of aromatic nitrogens is 3. The van der Waals surface area contributed by atoms with Crippen LogP contribution in [0.4, 0.5) is 0 Å².